The van der Waals surface area contributed by atoms with Crippen molar-refractivity contribution in [2.24, 2.45) is 0 Å². The monoisotopic (exact) mass is 326 g/mol. The zero-order valence-electron chi connectivity index (χ0n) is 13.1. The molecule has 1 atom stereocenters. The third-order valence-electron chi connectivity index (χ3n) is 3.88. The Morgan fingerprint density at radius 3 is 2.83 bits per heavy atom. The number of hydrogen-bond donors (Lipinski definition) is 2. The molecule has 2 amide bonds. The van der Waals surface area contributed by atoms with Gasteiger partial charge in [-0.1, -0.05) is 24.3 Å². The van der Waals surface area contributed by atoms with E-state index in [1.165, 1.54) is 11.8 Å². The largest absolute Gasteiger partial charge is 0.346 e. The summed E-state index contributed by atoms with van der Waals surface area (Å²) in [6.07, 6.45) is 0. The van der Waals surface area contributed by atoms with Gasteiger partial charge in [0, 0.05) is 10.5 Å². The molecule has 0 radical (unpaired) electrons. The first kappa shape index (κ1) is 15.6. The summed E-state index contributed by atoms with van der Waals surface area (Å²) in [5.41, 5.74) is 3.51. The van der Waals surface area contributed by atoms with Crippen molar-refractivity contribution in [3.05, 3.63) is 59.2 Å². The van der Waals surface area contributed by atoms with E-state index in [1.54, 1.807) is 12.1 Å². The molecule has 0 bridgehead atoms. The molecule has 0 spiro atoms. The van der Waals surface area contributed by atoms with E-state index in [4.69, 9.17) is 0 Å². The van der Waals surface area contributed by atoms with Gasteiger partial charge in [-0.25, -0.2) is 0 Å². The van der Waals surface area contributed by atoms with Crippen molar-refractivity contribution in [3.63, 3.8) is 0 Å². The Balaban J connectivity index is 1.77. The number of amides is 2. The predicted molar refractivity (Wildman–Crippen MR) is 92.9 cm³/mol. The Morgan fingerprint density at radius 1 is 1.26 bits per heavy atom. The van der Waals surface area contributed by atoms with Crippen LogP contribution in [0.5, 0.6) is 0 Å². The molecule has 1 aliphatic rings. The third-order valence-corrected chi connectivity index (χ3v) is 4.95. The summed E-state index contributed by atoms with van der Waals surface area (Å²) in [5.74, 6) is 0.241. The Hall–Kier alpha value is -2.27. The molecule has 0 unspecified atom stereocenters. The second-order valence-electron chi connectivity index (χ2n) is 5.60. The molecule has 2 aromatic carbocycles. The van der Waals surface area contributed by atoms with Gasteiger partial charge in [-0.15, -0.1) is 11.8 Å². The first-order chi connectivity index (χ1) is 11.0. The molecule has 0 aliphatic carbocycles. The Bertz CT molecular complexity index is 773. The van der Waals surface area contributed by atoms with Crippen molar-refractivity contribution in [1.82, 2.24) is 5.32 Å². The number of fused-ring (bicyclic) bond motifs is 1. The third kappa shape index (κ3) is 3.40. The zero-order valence-corrected chi connectivity index (χ0v) is 13.9. The first-order valence-electron chi connectivity index (χ1n) is 7.47. The van der Waals surface area contributed by atoms with E-state index >= 15 is 0 Å². The molecule has 2 aromatic rings. The molecule has 4 nitrogen and oxygen atoms in total. The van der Waals surface area contributed by atoms with Crippen LogP contribution in [0.15, 0.2) is 47.4 Å². The maximum atomic E-state index is 12.5. The van der Waals surface area contributed by atoms with Crippen molar-refractivity contribution < 1.29 is 9.59 Å². The van der Waals surface area contributed by atoms with E-state index in [0.29, 0.717) is 17.0 Å². The van der Waals surface area contributed by atoms with Crippen LogP contribution in [0.25, 0.3) is 0 Å². The Morgan fingerprint density at radius 2 is 2.04 bits per heavy atom. The topological polar surface area (TPSA) is 58.2 Å². The van der Waals surface area contributed by atoms with E-state index in [-0.39, 0.29) is 17.9 Å². The highest BCUT2D eigenvalue weighted by molar-refractivity contribution is 8.00. The lowest BCUT2D eigenvalue weighted by atomic mass is 10.0. The highest BCUT2D eigenvalue weighted by Gasteiger charge is 2.18. The minimum Gasteiger partial charge on any atom is -0.346 e. The van der Waals surface area contributed by atoms with Crippen LogP contribution in [0.2, 0.25) is 0 Å². The molecule has 1 heterocycles. The molecule has 0 saturated heterocycles. The zero-order chi connectivity index (χ0) is 16.4. The van der Waals surface area contributed by atoms with Crippen LogP contribution >= 0.6 is 11.8 Å². The standard InChI is InChI=1S/C18H18N2O2S/c1-11-5-3-4-6-14(11)12(2)19-18(22)13-7-8-16-15(9-13)20-17(21)10-23-16/h3-9,12H,10H2,1-2H3,(H,19,22)(H,20,21)/t12-/m1/s1. The van der Waals surface area contributed by atoms with Gasteiger partial charge in [-0.2, -0.15) is 0 Å². The Labute approximate surface area is 139 Å². The average Bonchev–Trinajstić information content (AvgIpc) is 2.54. The summed E-state index contributed by atoms with van der Waals surface area (Å²) in [5, 5.41) is 5.82. The molecular formula is C18H18N2O2S. The number of benzene rings is 2. The SMILES string of the molecule is Cc1ccccc1[C@@H](C)NC(=O)c1ccc2c(c1)NC(=O)CS2. The Kier molecular flexibility index (Phi) is 4.39. The lowest BCUT2D eigenvalue weighted by molar-refractivity contribution is -0.113. The number of carbonyl (C=O) groups excluding carboxylic acids is 2. The van der Waals surface area contributed by atoms with Crippen LogP contribution < -0.4 is 10.6 Å². The van der Waals surface area contributed by atoms with Crippen LogP contribution in [-0.2, 0) is 4.79 Å². The number of thioether (sulfide) groups is 1. The van der Waals surface area contributed by atoms with E-state index in [2.05, 4.69) is 10.6 Å². The van der Waals surface area contributed by atoms with Gasteiger partial charge in [0.05, 0.1) is 17.5 Å². The van der Waals surface area contributed by atoms with Crippen LogP contribution in [0.3, 0.4) is 0 Å². The molecule has 0 fully saturated rings. The average molecular weight is 326 g/mol. The second kappa shape index (κ2) is 6.46. The molecule has 0 aromatic heterocycles. The van der Waals surface area contributed by atoms with Gasteiger partial charge in [-0.05, 0) is 43.2 Å². The summed E-state index contributed by atoms with van der Waals surface area (Å²) in [7, 11) is 0. The van der Waals surface area contributed by atoms with Crippen molar-refractivity contribution in [1.29, 1.82) is 0 Å². The van der Waals surface area contributed by atoms with E-state index in [0.717, 1.165) is 16.0 Å². The number of rotatable bonds is 3. The minimum absolute atomic E-state index is 0.0339. The number of carbonyl (C=O) groups is 2. The smallest absolute Gasteiger partial charge is 0.251 e. The molecule has 2 N–H and O–H groups in total. The molecule has 3 rings (SSSR count). The van der Waals surface area contributed by atoms with Crippen molar-refractivity contribution in [2.75, 3.05) is 11.1 Å². The van der Waals surface area contributed by atoms with Crippen molar-refractivity contribution in [3.8, 4) is 0 Å². The summed E-state index contributed by atoms with van der Waals surface area (Å²) < 4.78 is 0. The number of hydrogen-bond acceptors (Lipinski definition) is 3. The van der Waals surface area contributed by atoms with Crippen LogP contribution in [0, 0.1) is 6.92 Å². The van der Waals surface area contributed by atoms with Gasteiger partial charge in [0.25, 0.3) is 5.91 Å². The van der Waals surface area contributed by atoms with E-state index < -0.39 is 0 Å². The lowest BCUT2D eigenvalue weighted by Crippen LogP contribution is -2.27. The molecule has 0 saturated carbocycles. The predicted octanol–water partition coefficient (Wildman–Crippen LogP) is 3.53. The minimum atomic E-state index is -0.145. The quantitative estimate of drug-likeness (QED) is 0.907. The van der Waals surface area contributed by atoms with Gasteiger partial charge < -0.3 is 10.6 Å². The van der Waals surface area contributed by atoms with Crippen molar-refractivity contribution in [2.45, 2.75) is 24.8 Å². The maximum absolute atomic E-state index is 12.5. The summed E-state index contributed by atoms with van der Waals surface area (Å²) in [6, 6.07) is 13.3. The summed E-state index contributed by atoms with van der Waals surface area (Å²) >= 11 is 1.49. The van der Waals surface area contributed by atoms with Gasteiger partial charge in [0.2, 0.25) is 5.91 Å². The molecule has 1 aliphatic heterocycles. The van der Waals surface area contributed by atoms with Gasteiger partial charge in [0.15, 0.2) is 0 Å². The van der Waals surface area contributed by atoms with E-state index in [9.17, 15) is 9.59 Å². The molecule has 23 heavy (non-hydrogen) atoms. The van der Waals surface area contributed by atoms with Gasteiger partial charge >= 0.3 is 0 Å². The first-order valence-corrected chi connectivity index (χ1v) is 8.46. The fourth-order valence-electron chi connectivity index (χ4n) is 2.65. The van der Waals surface area contributed by atoms with Gasteiger partial charge in [-0.3, -0.25) is 9.59 Å². The highest BCUT2D eigenvalue weighted by atomic mass is 32.2. The van der Waals surface area contributed by atoms with E-state index in [1.807, 2.05) is 44.2 Å². The maximum Gasteiger partial charge on any atom is 0.251 e. The normalized spacial score (nSPS) is 14.6. The van der Waals surface area contributed by atoms with Crippen molar-refractivity contribution >= 4 is 29.3 Å². The lowest BCUT2D eigenvalue weighted by Gasteiger charge is -2.19. The van der Waals surface area contributed by atoms with Gasteiger partial charge in [0.1, 0.15) is 0 Å². The van der Waals surface area contributed by atoms with Crippen LogP contribution in [0.1, 0.15) is 34.5 Å². The second-order valence-corrected chi connectivity index (χ2v) is 6.62. The molecule has 5 heteroatoms. The number of nitrogens with one attached hydrogen (secondary N) is 2. The number of anilines is 1. The fraction of sp³-hybridized carbons (Fsp3) is 0.222. The van der Waals surface area contributed by atoms with Crippen LogP contribution in [-0.4, -0.2) is 17.6 Å². The highest BCUT2D eigenvalue weighted by Crippen LogP contribution is 2.32. The molecule has 118 valence electrons. The number of aryl methyl sites for hydroxylation is 1. The fourth-order valence-corrected chi connectivity index (χ4v) is 3.44. The molecular weight excluding hydrogens is 308 g/mol. The summed E-state index contributed by atoms with van der Waals surface area (Å²) in [6.45, 7) is 4.00. The van der Waals surface area contributed by atoms with Crippen LogP contribution in [0.4, 0.5) is 5.69 Å². The summed E-state index contributed by atoms with van der Waals surface area (Å²) in [4.78, 5) is 24.9.